The molecule has 4 nitrogen and oxygen atoms in total. The summed E-state index contributed by atoms with van der Waals surface area (Å²) in [6.07, 6.45) is 5.34. The lowest BCUT2D eigenvalue weighted by Gasteiger charge is -2.36. The number of fused-ring (bicyclic) bond motifs is 3. The molecule has 1 aromatic heterocycles. The molecule has 0 fully saturated rings. The summed E-state index contributed by atoms with van der Waals surface area (Å²) in [5.74, 6) is -0.160. The van der Waals surface area contributed by atoms with Crippen LogP contribution in [0.2, 0.25) is 0 Å². The van der Waals surface area contributed by atoms with E-state index in [9.17, 15) is 10.1 Å². The van der Waals surface area contributed by atoms with Crippen LogP contribution in [0.25, 0.3) is 10.9 Å². The number of nitriles is 1. The molecule has 0 radical (unpaired) electrons. The van der Waals surface area contributed by atoms with E-state index in [2.05, 4.69) is 24.9 Å². The molecule has 2 aromatic rings. The Morgan fingerprint density at radius 1 is 1.46 bits per heavy atom. The summed E-state index contributed by atoms with van der Waals surface area (Å²) in [6.45, 7) is 4.22. The maximum Gasteiger partial charge on any atom is 0.306 e. The van der Waals surface area contributed by atoms with E-state index in [0.29, 0.717) is 6.42 Å². The number of rotatable bonds is 4. The Kier molecular flexibility index (Phi) is 4.36. The van der Waals surface area contributed by atoms with Crippen molar-refractivity contribution in [3.8, 4) is 6.07 Å². The number of hydrogen-bond acceptors (Lipinski definition) is 3. The summed E-state index contributed by atoms with van der Waals surface area (Å²) in [5.41, 5.74) is 5.09. The maximum absolute atomic E-state index is 12.1. The smallest absolute Gasteiger partial charge is 0.306 e. The van der Waals surface area contributed by atoms with Gasteiger partial charge in [0.05, 0.1) is 30.7 Å². The van der Waals surface area contributed by atoms with Crippen LogP contribution >= 0.6 is 0 Å². The van der Waals surface area contributed by atoms with E-state index in [0.717, 1.165) is 59.8 Å². The summed E-state index contributed by atoms with van der Waals surface area (Å²) >= 11 is 0. The maximum atomic E-state index is 12.1. The number of aryl methyl sites for hydroxylation is 2. The monoisotopic (exact) mass is 324 g/mol. The van der Waals surface area contributed by atoms with Crippen LogP contribution in [0, 0.1) is 18.3 Å². The van der Waals surface area contributed by atoms with Crippen LogP contribution in [0.5, 0.6) is 0 Å². The zero-order valence-corrected chi connectivity index (χ0v) is 14.7. The number of esters is 1. The topological polar surface area (TPSA) is 65.9 Å². The number of hydrogen-bond donors (Lipinski definition) is 1. The minimum atomic E-state index is -0.201. The highest BCUT2D eigenvalue weighted by atomic mass is 16.5. The minimum absolute atomic E-state index is 0.160. The number of carbonyl (C=O) groups is 1. The molecule has 0 saturated carbocycles. The van der Waals surface area contributed by atoms with E-state index in [-0.39, 0.29) is 11.4 Å². The molecule has 0 saturated heterocycles. The van der Waals surface area contributed by atoms with E-state index in [1.165, 1.54) is 12.7 Å². The average Bonchev–Trinajstić information content (AvgIpc) is 2.98. The normalized spacial score (nSPS) is 19.8. The van der Waals surface area contributed by atoms with Gasteiger partial charge in [-0.3, -0.25) is 4.79 Å². The Bertz CT molecular complexity index is 828. The number of aromatic amines is 1. The molecule has 1 atom stereocenters. The van der Waals surface area contributed by atoms with Gasteiger partial charge in [0.25, 0.3) is 0 Å². The second kappa shape index (κ2) is 6.32. The average molecular weight is 324 g/mol. The second-order valence-corrected chi connectivity index (χ2v) is 6.91. The Balaban J connectivity index is 2.26. The molecule has 1 unspecified atom stereocenters. The number of ether oxygens (including phenoxy) is 1. The highest BCUT2D eigenvalue weighted by molar-refractivity contribution is 5.93. The number of nitrogens with one attached hydrogen (secondary N) is 1. The lowest BCUT2D eigenvalue weighted by molar-refractivity contribution is -0.142. The van der Waals surface area contributed by atoms with E-state index < -0.39 is 0 Å². The molecule has 3 rings (SSSR count). The van der Waals surface area contributed by atoms with Gasteiger partial charge in [0.2, 0.25) is 0 Å². The fourth-order valence-electron chi connectivity index (χ4n) is 4.37. The van der Waals surface area contributed by atoms with Crippen LogP contribution in [-0.2, 0) is 21.4 Å². The number of nitrogens with zero attached hydrogens (tertiary/aromatic N) is 1. The zero-order chi connectivity index (χ0) is 17.3. The van der Waals surface area contributed by atoms with Crippen LogP contribution in [0.15, 0.2) is 12.1 Å². The first-order valence-corrected chi connectivity index (χ1v) is 8.68. The van der Waals surface area contributed by atoms with Crippen molar-refractivity contribution in [1.82, 2.24) is 4.98 Å². The summed E-state index contributed by atoms with van der Waals surface area (Å²) in [5, 5.41) is 10.6. The largest absolute Gasteiger partial charge is 0.469 e. The first-order chi connectivity index (χ1) is 11.6. The van der Waals surface area contributed by atoms with Crippen LogP contribution in [0.4, 0.5) is 0 Å². The van der Waals surface area contributed by atoms with Crippen molar-refractivity contribution in [3.05, 3.63) is 34.5 Å². The SMILES string of the molecule is CCCC1(CC(=O)OC)CCCc2c1[nH]c1c(C)ccc(C#N)c21. The third-order valence-electron chi connectivity index (χ3n) is 5.44. The molecule has 4 heteroatoms. The molecule has 0 aliphatic heterocycles. The zero-order valence-electron chi connectivity index (χ0n) is 14.7. The number of H-pyrrole nitrogens is 1. The molecule has 0 spiro atoms. The summed E-state index contributed by atoms with van der Waals surface area (Å²) in [7, 11) is 1.45. The molecule has 126 valence electrons. The fraction of sp³-hybridized carbons (Fsp3) is 0.500. The predicted octanol–water partition coefficient (Wildman–Crippen LogP) is 4.29. The van der Waals surface area contributed by atoms with Crippen LogP contribution in [0.3, 0.4) is 0 Å². The Hall–Kier alpha value is -2.28. The molecule has 1 aliphatic carbocycles. The van der Waals surface area contributed by atoms with Gasteiger partial charge in [-0.15, -0.1) is 0 Å². The third kappa shape index (κ3) is 2.49. The van der Waals surface area contributed by atoms with Gasteiger partial charge in [-0.25, -0.2) is 0 Å². The van der Waals surface area contributed by atoms with Crippen molar-refractivity contribution >= 4 is 16.9 Å². The second-order valence-electron chi connectivity index (χ2n) is 6.91. The molecular weight excluding hydrogens is 300 g/mol. The molecular formula is C20H24N2O2. The number of methoxy groups -OCH3 is 1. The Labute approximate surface area is 142 Å². The molecule has 1 aliphatic rings. The number of aromatic nitrogens is 1. The van der Waals surface area contributed by atoms with Gasteiger partial charge in [0, 0.05) is 16.5 Å². The van der Waals surface area contributed by atoms with Crippen molar-refractivity contribution in [3.63, 3.8) is 0 Å². The number of benzene rings is 1. The highest BCUT2D eigenvalue weighted by Gasteiger charge is 2.40. The molecule has 24 heavy (non-hydrogen) atoms. The first-order valence-electron chi connectivity index (χ1n) is 8.68. The lowest BCUT2D eigenvalue weighted by atomic mass is 9.68. The van der Waals surface area contributed by atoms with E-state index in [4.69, 9.17) is 4.74 Å². The molecule has 0 amide bonds. The summed E-state index contributed by atoms with van der Waals surface area (Å²) < 4.78 is 4.98. The van der Waals surface area contributed by atoms with Crippen molar-refractivity contribution < 1.29 is 9.53 Å². The quantitative estimate of drug-likeness (QED) is 0.853. The lowest BCUT2D eigenvalue weighted by Crippen LogP contribution is -2.34. The van der Waals surface area contributed by atoms with Gasteiger partial charge in [-0.1, -0.05) is 19.4 Å². The van der Waals surface area contributed by atoms with Crippen LogP contribution in [-0.4, -0.2) is 18.1 Å². The molecule has 1 N–H and O–H groups in total. The van der Waals surface area contributed by atoms with Gasteiger partial charge in [0.15, 0.2) is 0 Å². The van der Waals surface area contributed by atoms with Gasteiger partial charge in [-0.05, 0) is 49.8 Å². The van der Waals surface area contributed by atoms with Crippen molar-refractivity contribution in [2.24, 2.45) is 0 Å². The van der Waals surface area contributed by atoms with E-state index in [1.807, 2.05) is 12.1 Å². The molecule has 1 heterocycles. The van der Waals surface area contributed by atoms with Crippen molar-refractivity contribution in [1.29, 1.82) is 5.26 Å². The fourth-order valence-corrected chi connectivity index (χ4v) is 4.37. The molecule has 1 aromatic carbocycles. The van der Waals surface area contributed by atoms with Crippen molar-refractivity contribution in [2.45, 2.75) is 57.8 Å². The summed E-state index contributed by atoms with van der Waals surface area (Å²) in [4.78, 5) is 15.7. The van der Waals surface area contributed by atoms with Gasteiger partial charge in [0.1, 0.15) is 0 Å². The Morgan fingerprint density at radius 3 is 2.92 bits per heavy atom. The van der Waals surface area contributed by atoms with Crippen molar-refractivity contribution in [2.75, 3.05) is 7.11 Å². The van der Waals surface area contributed by atoms with Crippen LogP contribution < -0.4 is 0 Å². The third-order valence-corrected chi connectivity index (χ3v) is 5.44. The minimum Gasteiger partial charge on any atom is -0.469 e. The highest BCUT2D eigenvalue weighted by Crippen LogP contribution is 2.46. The predicted molar refractivity (Wildman–Crippen MR) is 93.9 cm³/mol. The van der Waals surface area contributed by atoms with E-state index in [1.54, 1.807) is 0 Å². The summed E-state index contributed by atoms with van der Waals surface area (Å²) in [6, 6.07) is 6.23. The standard InChI is InChI=1S/C20H24N2O2/c1-4-9-20(11-16(23)24-3)10-5-6-15-17-14(12-21)8-7-13(2)18(17)22-19(15)20/h7-8,22H,4-6,9-11H2,1-3H3. The van der Waals surface area contributed by atoms with Gasteiger partial charge < -0.3 is 9.72 Å². The van der Waals surface area contributed by atoms with Gasteiger partial charge >= 0.3 is 5.97 Å². The van der Waals surface area contributed by atoms with Crippen LogP contribution in [0.1, 0.15) is 61.4 Å². The van der Waals surface area contributed by atoms with Gasteiger partial charge in [-0.2, -0.15) is 5.26 Å². The van der Waals surface area contributed by atoms with E-state index >= 15 is 0 Å². The number of carbonyl (C=O) groups excluding carboxylic acids is 1. The first kappa shape index (κ1) is 16.6. The Morgan fingerprint density at radius 2 is 2.25 bits per heavy atom. The molecule has 0 bridgehead atoms.